The van der Waals surface area contributed by atoms with Gasteiger partial charge in [-0.15, -0.1) is 0 Å². The highest BCUT2D eigenvalue weighted by Gasteiger charge is 1.81. The van der Waals surface area contributed by atoms with Crippen molar-refractivity contribution in [2.75, 3.05) is 0 Å². The van der Waals surface area contributed by atoms with Gasteiger partial charge in [0.2, 0.25) is 0 Å². The van der Waals surface area contributed by atoms with Gasteiger partial charge in [-0.3, -0.25) is 0 Å². The number of nitriles is 1. The van der Waals surface area contributed by atoms with Crippen LogP contribution < -0.4 is 0 Å². The van der Waals surface area contributed by atoms with Crippen LogP contribution in [0.1, 0.15) is 12.8 Å². The number of hydrogen-bond acceptors (Lipinski definition) is 1. The van der Waals surface area contributed by atoms with Gasteiger partial charge in [-0.25, -0.2) is 0 Å². The fourth-order valence-electron chi connectivity index (χ4n) is 0.233. The smallest absolute Gasteiger partial charge is 0.0625 e. The minimum Gasteiger partial charge on any atom is -0.198 e. The van der Waals surface area contributed by atoms with Crippen LogP contribution in [0.3, 0.4) is 0 Å². The van der Waals surface area contributed by atoms with Gasteiger partial charge in [0.05, 0.1) is 6.07 Å². The summed E-state index contributed by atoms with van der Waals surface area (Å²) in [6, 6.07) is 2.00. The van der Waals surface area contributed by atoms with Crippen molar-refractivity contribution < 1.29 is 0 Å². The lowest BCUT2D eigenvalue weighted by Gasteiger charge is -1.85. The van der Waals surface area contributed by atoms with E-state index in [1.54, 1.807) is 0 Å². The summed E-state index contributed by atoms with van der Waals surface area (Å²) in [5, 5.41) is 8.00. The molecule has 0 aliphatic rings. The molecule has 0 saturated heterocycles. The Morgan fingerprint density at radius 3 is 2.43 bits per heavy atom. The second-order valence-corrected chi connectivity index (χ2v) is 1.41. The summed E-state index contributed by atoms with van der Waals surface area (Å²) in [7, 11) is 0. The van der Waals surface area contributed by atoms with Gasteiger partial charge in [0, 0.05) is 6.42 Å². The van der Waals surface area contributed by atoms with E-state index >= 15 is 0 Å². The van der Waals surface area contributed by atoms with Crippen molar-refractivity contribution in [2.24, 2.45) is 0 Å². The molecule has 0 aromatic heterocycles. The van der Waals surface area contributed by atoms with Crippen molar-refractivity contribution in [3.05, 3.63) is 19.1 Å². The van der Waals surface area contributed by atoms with Crippen LogP contribution in [-0.4, -0.2) is 0 Å². The van der Waals surface area contributed by atoms with Crippen LogP contribution in [0, 0.1) is 18.3 Å². The molecule has 1 heteroatoms. The van der Waals surface area contributed by atoms with Crippen molar-refractivity contribution in [1.29, 1.82) is 5.26 Å². The summed E-state index contributed by atoms with van der Waals surface area (Å²) in [5.41, 5.74) is 0.835. The Bertz CT molecular complexity index is 97.2. The van der Waals surface area contributed by atoms with E-state index < -0.39 is 0 Å². The summed E-state index contributed by atoms with van der Waals surface area (Å²) in [5.74, 6) is 0. The van der Waals surface area contributed by atoms with Gasteiger partial charge < -0.3 is 0 Å². The maximum Gasteiger partial charge on any atom is 0.0625 e. The van der Waals surface area contributed by atoms with Gasteiger partial charge in [0.25, 0.3) is 0 Å². The van der Waals surface area contributed by atoms with Crippen molar-refractivity contribution >= 4 is 0 Å². The zero-order valence-corrected chi connectivity index (χ0v) is 4.28. The standard InChI is InChI=1S/C6H8N/c1-6(2)4-3-5-7/h1-4H2. The minimum absolute atomic E-state index is 0.544. The monoisotopic (exact) mass is 94.1 g/mol. The summed E-state index contributed by atoms with van der Waals surface area (Å²) >= 11 is 0. The van der Waals surface area contributed by atoms with Gasteiger partial charge in [0.1, 0.15) is 0 Å². The molecule has 0 aromatic rings. The lowest BCUT2D eigenvalue weighted by Crippen LogP contribution is -1.69. The second kappa shape index (κ2) is 3.42. The Hall–Kier alpha value is -0.770. The minimum atomic E-state index is 0.544. The third-order valence-electron chi connectivity index (χ3n) is 0.590. The molecule has 0 fully saturated rings. The average molecular weight is 94.1 g/mol. The number of allylic oxidation sites excluding steroid dienone is 1. The van der Waals surface area contributed by atoms with Gasteiger partial charge >= 0.3 is 0 Å². The molecule has 37 valence electrons. The zero-order chi connectivity index (χ0) is 5.70. The van der Waals surface area contributed by atoms with E-state index in [0.29, 0.717) is 6.42 Å². The lowest BCUT2D eigenvalue weighted by atomic mass is 10.2. The number of hydrogen-bond donors (Lipinski definition) is 0. The molecule has 0 rings (SSSR count). The van der Waals surface area contributed by atoms with Crippen LogP contribution in [-0.2, 0) is 0 Å². The van der Waals surface area contributed by atoms with Gasteiger partial charge in [0.15, 0.2) is 0 Å². The highest BCUT2D eigenvalue weighted by molar-refractivity contribution is 4.99. The molecule has 0 unspecified atom stereocenters. The molecular formula is C6H8N. The van der Waals surface area contributed by atoms with Crippen molar-refractivity contribution in [1.82, 2.24) is 0 Å². The van der Waals surface area contributed by atoms with E-state index in [-0.39, 0.29) is 0 Å². The predicted octanol–water partition coefficient (Wildman–Crippen LogP) is 1.68. The summed E-state index contributed by atoms with van der Waals surface area (Å²) < 4.78 is 0. The van der Waals surface area contributed by atoms with Crippen LogP contribution in [0.15, 0.2) is 12.2 Å². The maximum atomic E-state index is 8.00. The van der Waals surface area contributed by atoms with Crippen LogP contribution in [0.2, 0.25) is 0 Å². The largest absolute Gasteiger partial charge is 0.198 e. The molecule has 7 heavy (non-hydrogen) atoms. The Balaban J connectivity index is 3.02. The topological polar surface area (TPSA) is 23.8 Å². The zero-order valence-electron chi connectivity index (χ0n) is 4.28. The summed E-state index contributed by atoms with van der Waals surface area (Å²) in [6.07, 6.45) is 1.28. The Morgan fingerprint density at radius 1 is 1.71 bits per heavy atom. The molecular weight excluding hydrogens is 86.1 g/mol. The fourth-order valence-corrected chi connectivity index (χ4v) is 0.233. The quantitative estimate of drug-likeness (QED) is 0.510. The van der Waals surface area contributed by atoms with E-state index in [1.165, 1.54) is 0 Å². The van der Waals surface area contributed by atoms with E-state index in [2.05, 4.69) is 13.5 Å². The van der Waals surface area contributed by atoms with E-state index in [0.717, 1.165) is 12.0 Å². The first-order chi connectivity index (χ1) is 3.27. The predicted molar refractivity (Wildman–Crippen MR) is 29.3 cm³/mol. The van der Waals surface area contributed by atoms with Crippen molar-refractivity contribution in [3.63, 3.8) is 0 Å². The molecule has 0 amide bonds. The Morgan fingerprint density at radius 2 is 2.29 bits per heavy atom. The molecule has 0 bridgehead atoms. The molecule has 0 aliphatic carbocycles. The van der Waals surface area contributed by atoms with Crippen LogP contribution in [0.25, 0.3) is 0 Å². The first-order valence-corrected chi connectivity index (χ1v) is 2.14. The second-order valence-electron chi connectivity index (χ2n) is 1.41. The Labute approximate surface area is 44.3 Å². The molecule has 0 saturated carbocycles. The molecule has 1 radical (unpaired) electrons. The van der Waals surface area contributed by atoms with Gasteiger partial charge in [-0.05, 0) is 13.3 Å². The van der Waals surface area contributed by atoms with E-state index in [1.807, 2.05) is 6.07 Å². The van der Waals surface area contributed by atoms with Crippen LogP contribution >= 0.6 is 0 Å². The lowest BCUT2D eigenvalue weighted by molar-refractivity contribution is 1.02. The normalized spacial score (nSPS) is 7.43. The maximum absolute atomic E-state index is 8.00. The van der Waals surface area contributed by atoms with Gasteiger partial charge in [-0.2, -0.15) is 5.26 Å². The first-order valence-electron chi connectivity index (χ1n) is 2.14. The molecule has 0 atom stereocenters. The van der Waals surface area contributed by atoms with Crippen LogP contribution in [0.4, 0.5) is 0 Å². The molecule has 1 nitrogen and oxygen atoms in total. The van der Waals surface area contributed by atoms with E-state index in [4.69, 9.17) is 5.26 Å². The van der Waals surface area contributed by atoms with Crippen molar-refractivity contribution in [2.45, 2.75) is 12.8 Å². The third-order valence-corrected chi connectivity index (χ3v) is 0.590. The molecule has 0 aliphatic heterocycles. The summed E-state index contributed by atoms with van der Waals surface area (Å²) in [6.45, 7) is 7.06. The van der Waals surface area contributed by atoms with Crippen molar-refractivity contribution in [3.8, 4) is 6.07 Å². The SMILES string of the molecule is [CH2]C(=C)CCC#N. The third kappa shape index (κ3) is 5.23. The Kier molecular flexibility index (Phi) is 3.04. The van der Waals surface area contributed by atoms with Crippen LogP contribution in [0.5, 0.6) is 0 Å². The highest BCUT2D eigenvalue weighted by atomic mass is 14.2. The summed E-state index contributed by atoms with van der Waals surface area (Å²) in [4.78, 5) is 0. The highest BCUT2D eigenvalue weighted by Crippen LogP contribution is 1.96. The average Bonchev–Trinajstić information content (AvgIpc) is 1.61. The molecule has 0 N–H and O–H groups in total. The number of nitrogens with zero attached hydrogens (tertiary/aromatic N) is 1. The fraction of sp³-hybridized carbons (Fsp3) is 0.333. The number of rotatable bonds is 2. The molecule has 0 spiro atoms. The molecule has 0 heterocycles. The first kappa shape index (κ1) is 6.23. The molecule has 0 aromatic carbocycles. The van der Waals surface area contributed by atoms with E-state index in [9.17, 15) is 0 Å². The van der Waals surface area contributed by atoms with Gasteiger partial charge in [-0.1, -0.05) is 12.2 Å².